The highest BCUT2D eigenvalue weighted by atomic mass is 16.5. The number of ether oxygens (including phenoxy) is 2. The fourth-order valence-corrected chi connectivity index (χ4v) is 3.10. The Morgan fingerprint density at radius 2 is 1.76 bits per heavy atom. The lowest BCUT2D eigenvalue weighted by atomic mass is 9.92. The first kappa shape index (κ1) is 20.5. The summed E-state index contributed by atoms with van der Waals surface area (Å²) >= 11 is 0. The van der Waals surface area contributed by atoms with Crippen LogP contribution in [-0.2, 0) is 9.53 Å². The number of nitrogens with one attached hydrogen (secondary N) is 2. The average molecular weight is 394 g/mol. The molecule has 152 valence electrons. The smallest absolute Gasteiger partial charge is 0.338 e. The predicted molar refractivity (Wildman–Crippen MR) is 111 cm³/mol. The molecule has 1 atom stereocenters. The van der Waals surface area contributed by atoms with Gasteiger partial charge in [0.05, 0.1) is 30.5 Å². The number of benzene rings is 2. The zero-order valence-corrected chi connectivity index (χ0v) is 16.9. The molecule has 1 aliphatic heterocycles. The summed E-state index contributed by atoms with van der Waals surface area (Å²) in [6, 6.07) is 15.7. The topological polar surface area (TPSA) is 76.7 Å². The van der Waals surface area contributed by atoms with Crippen LogP contribution in [0.4, 0.5) is 4.79 Å². The van der Waals surface area contributed by atoms with E-state index in [9.17, 15) is 9.59 Å². The number of amides is 2. The van der Waals surface area contributed by atoms with Crippen LogP contribution in [0.3, 0.4) is 0 Å². The minimum atomic E-state index is -0.628. The summed E-state index contributed by atoms with van der Waals surface area (Å²) in [6.07, 6.45) is 0. The number of carbonyl (C=O) groups excluding carboxylic acids is 2. The number of rotatable bonds is 7. The Kier molecular flexibility index (Phi) is 6.54. The van der Waals surface area contributed by atoms with Gasteiger partial charge in [-0.3, -0.25) is 0 Å². The van der Waals surface area contributed by atoms with Gasteiger partial charge in [-0.15, -0.1) is 0 Å². The van der Waals surface area contributed by atoms with Crippen LogP contribution in [0.15, 0.2) is 60.2 Å². The Bertz CT molecular complexity index is 889. The van der Waals surface area contributed by atoms with Crippen molar-refractivity contribution in [3.8, 4) is 5.75 Å². The molecule has 1 unspecified atom stereocenters. The molecule has 2 aromatic carbocycles. The zero-order chi connectivity index (χ0) is 20.8. The van der Waals surface area contributed by atoms with Crippen LogP contribution in [0.25, 0.3) is 5.70 Å². The molecule has 0 bridgehead atoms. The van der Waals surface area contributed by atoms with Gasteiger partial charge in [0, 0.05) is 0 Å². The van der Waals surface area contributed by atoms with Crippen molar-refractivity contribution in [2.45, 2.75) is 26.8 Å². The van der Waals surface area contributed by atoms with Crippen LogP contribution in [0.1, 0.15) is 37.9 Å². The number of hydrogen-bond donors (Lipinski definition) is 2. The molecule has 0 aliphatic carbocycles. The lowest BCUT2D eigenvalue weighted by Gasteiger charge is -2.29. The maximum absolute atomic E-state index is 12.8. The van der Waals surface area contributed by atoms with Gasteiger partial charge >= 0.3 is 12.0 Å². The molecule has 6 heteroatoms. The Morgan fingerprint density at radius 1 is 1.07 bits per heavy atom. The molecule has 0 radical (unpaired) electrons. The Labute approximate surface area is 170 Å². The molecular formula is C23H26N2O4. The van der Waals surface area contributed by atoms with E-state index in [4.69, 9.17) is 9.47 Å². The summed E-state index contributed by atoms with van der Waals surface area (Å²) in [5.41, 5.74) is 2.34. The van der Waals surface area contributed by atoms with Crippen molar-refractivity contribution in [3.63, 3.8) is 0 Å². The third-order valence-corrected chi connectivity index (χ3v) is 4.43. The van der Waals surface area contributed by atoms with E-state index in [1.165, 1.54) is 0 Å². The molecule has 3 rings (SSSR count). The second-order valence-corrected chi connectivity index (χ2v) is 7.18. The van der Waals surface area contributed by atoms with Crippen molar-refractivity contribution >= 4 is 17.7 Å². The van der Waals surface area contributed by atoms with E-state index < -0.39 is 12.0 Å². The van der Waals surface area contributed by atoms with Crippen LogP contribution in [0.2, 0.25) is 0 Å². The van der Waals surface area contributed by atoms with Gasteiger partial charge in [0.1, 0.15) is 5.75 Å². The van der Waals surface area contributed by atoms with Crippen molar-refractivity contribution < 1.29 is 19.1 Å². The highest BCUT2D eigenvalue weighted by molar-refractivity contribution is 6.04. The van der Waals surface area contributed by atoms with Crippen molar-refractivity contribution in [3.05, 3.63) is 71.3 Å². The normalized spacial score (nSPS) is 16.3. The van der Waals surface area contributed by atoms with Gasteiger partial charge in [0.15, 0.2) is 0 Å². The molecule has 0 saturated heterocycles. The Hall–Kier alpha value is -3.28. The van der Waals surface area contributed by atoms with Gasteiger partial charge in [-0.1, -0.05) is 56.3 Å². The van der Waals surface area contributed by atoms with E-state index in [0.29, 0.717) is 23.8 Å². The molecule has 1 heterocycles. The van der Waals surface area contributed by atoms with Crippen molar-refractivity contribution in [2.75, 3.05) is 13.2 Å². The monoisotopic (exact) mass is 394 g/mol. The fourth-order valence-electron chi connectivity index (χ4n) is 3.10. The summed E-state index contributed by atoms with van der Waals surface area (Å²) in [4.78, 5) is 25.2. The summed E-state index contributed by atoms with van der Waals surface area (Å²) in [5, 5.41) is 5.61. The molecule has 0 aromatic heterocycles. The van der Waals surface area contributed by atoms with Gasteiger partial charge in [0.25, 0.3) is 0 Å². The van der Waals surface area contributed by atoms with Gasteiger partial charge in [-0.2, -0.15) is 0 Å². The zero-order valence-electron chi connectivity index (χ0n) is 16.9. The number of carbonyl (C=O) groups is 2. The van der Waals surface area contributed by atoms with E-state index in [1.807, 2.05) is 54.6 Å². The standard InChI is InChI=1S/C23H26N2O4/c1-4-28-22(26)19-20(16-8-6-5-7-9-16)24-23(27)25-21(19)17-10-12-18(13-11-17)29-14-15(2)3/h5-13,15,21H,4,14H2,1-3H3,(H2,24,25,27). The van der Waals surface area contributed by atoms with Gasteiger partial charge in [-0.25, -0.2) is 9.59 Å². The van der Waals surface area contributed by atoms with E-state index in [1.54, 1.807) is 6.92 Å². The number of esters is 1. The van der Waals surface area contributed by atoms with Gasteiger partial charge in [0.2, 0.25) is 0 Å². The van der Waals surface area contributed by atoms with Crippen LogP contribution in [0, 0.1) is 5.92 Å². The van der Waals surface area contributed by atoms with Crippen molar-refractivity contribution in [1.29, 1.82) is 0 Å². The van der Waals surface area contributed by atoms with E-state index in [-0.39, 0.29) is 12.6 Å². The second-order valence-electron chi connectivity index (χ2n) is 7.18. The quantitative estimate of drug-likeness (QED) is 0.695. The Balaban J connectivity index is 2.01. The van der Waals surface area contributed by atoms with Crippen LogP contribution in [-0.4, -0.2) is 25.2 Å². The lowest BCUT2D eigenvalue weighted by molar-refractivity contribution is -0.138. The van der Waals surface area contributed by atoms with E-state index in [2.05, 4.69) is 24.5 Å². The summed E-state index contributed by atoms with van der Waals surface area (Å²) < 4.78 is 11.0. The molecule has 2 N–H and O–H groups in total. The molecule has 0 spiro atoms. The molecule has 6 nitrogen and oxygen atoms in total. The first-order valence-corrected chi connectivity index (χ1v) is 9.76. The Morgan fingerprint density at radius 3 is 2.38 bits per heavy atom. The highest BCUT2D eigenvalue weighted by Gasteiger charge is 2.34. The van der Waals surface area contributed by atoms with Gasteiger partial charge < -0.3 is 20.1 Å². The van der Waals surface area contributed by atoms with E-state index >= 15 is 0 Å². The van der Waals surface area contributed by atoms with Crippen LogP contribution >= 0.6 is 0 Å². The molecule has 2 aromatic rings. The molecule has 29 heavy (non-hydrogen) atoms. The van der Waals surface area contributed by atoms with Crippen LogP contribution < -0.4 is 15.4 Å². The molecule has 2 amide bonds. The largest absolute Gasteiger partial charge is 0.493 e. The summed E-state index contributed by atoms with van der Waals surface area (Å²) in [7, 11) is 0. The minimum Gasteiger partial charge on any atom is -0.493 e. The van der Waals surface area contributed by atoms with Crippen LogP contribution in [0.5, 0.6) is 5.75 Å². The summed E-state index contributed by atoms with van der Waals surface area (Å²) in [5.74, 6) is 0.696. The number of hydrogen-bond acceptors (Lipinski definition) is 4. The van der Waals surface area contributed by atoms with Crippen molar-refractivity contribution in [1.82, 2.24) is 10.6 Å². The second kappa shape index (κ2) is 9.28. The third-order valence-electron chi connectivity index (χ3n) is 4.43. The maximum Gasteiger partial charge on any atom is 0.338 e. The first-order chi connectivity index (χ1) is 14.0. The fraction of sp³-hybridized carbons (Fsp3) is 0.304. The van der Waals surface area contributed by atoms with E-state index in [0.717, 1.165) is 16.9 Å². The van der Waals surface area contributed by atoms with Gasteiger partial charge in [-0.05, 0) is 36.1 Å². The van der Waals surface area contributed by atoms with Crippen molar-refractivity contribution in [2.24, 2.45) is 5.92 Å². The lowest BCUT2D eigenvalue weighted by Crippen LogP contribution is -2.45. The molecule has 1 aliphatic rings. The maximum atomic E-state index is 12.8. The summed E-state index contributed by atoms with van der Waals surface area (Å²) in [6.45, 7) is 6.79. The highest BCUT2D eigenvalue weighted by Crippen LogP contribution is 2.32. The SMILES string of the molecule is CCOC(=O)C1=C(c2ccccc2)NC(=O)NC1c1ccc(OCC(C)C)cc1. The predicted octanol–water partition coefficient (Wildman–Crippen LogP) is 4.05. The number of urea groups is 1. The molecule has 0 fully saturated rings. The average Bonchev–Trinajstić information content (AvgIpc) is 2.72. The third kappa shape index (κ3) is 4.96. The minimum absolute atomic E-state index is 0.243. The first-order valence-electron chi connectivity index (χ1n) is 9.76. The molecule has 0 saturated carbocycles. The molecular weight excluding hydrogens is 368 g/mol.